The number of carbonyl (C=O) groups excluding carboxylic acids is 17. The first-order valence-electron chi connectivity index (χ1n) is 44.1. The number of ketones is 1. The van der Waals surface area contributed by atoms with E-state index in [1.54, 1.807) is 61.7 Å². The molecule has 0 unspecified atom stereocenters. The standard InChI is InChI=1S/C88H123N21O23S/c1-7-9-19-66-82(126)101-63(39-91)81(125)103-64(78(122)95-41-72(93)114)45-133-46-73(115)96-59(32-48-23-25-52(110)26-24-48)84(128)104(4)47(3)76(120)99-61(37-74(116)117)87(131)108-31-15-22-67(108)83(127)102-62(38-90)80(124)98-58(27-28-71(92)113)86(130)109-43-53(111)36-69(109)70(112)35-49(33-50-40-94-56-18-13-11-16-54(50)56)77(121)97-57(29-30-89)79(123)100-60(85(129)106(6)68(20-10-8-2)88(132)105(66)5)34-51-42-107(44-75(118)119)65-21-14-12-17-55(51)65/h11-14,16-18,21,23-26,40,42,47,49,53,57-64,66-69,94,110-111H,7-10,15,19-20,22,27-39,41,43-46,89-91H2,1-6H3,(H2,92,113)(H2,93,114)(H,95,122)(H,96,115)(H,97,121)(H,98,124)(H,99,120)(H,100,123)(H,101,126)(H,102,127)(H,103,125)(H,116,117)(H,118,119)/t47-,49+,53+,57-,58-,59-,60-,61-,62-,63-,64-,66-,67-,68-,69-/m0/s1. The number of carboxylic acid groups (broad SMARTS) is 2. The molecular formula is C88H123N21O23S. The van der Waals surface area contributed by atoms with Gasteiger partial charge in [0.05, 0.1) is 30.9 Å². The molecule has 3 aliphatic rings. The lowest BCUT2D eigenvalue weighted by molar-refractivity contribution is -0.149. The van der Waals surface area contributed by atoms with Crippen molar-refractivity contribution in [2.75, 3.05) is 71.9 Å². The predicted octanol–water partition coefficient (Wildman–Crippen LogP) is -4.42. The molecule has 8 rings (SSSR count). The van der Waals surface area contributed by atoms with Gasteiger partial charge < -0.3 is 131 Å². The molecule has 45 heteroatoms. The number of H-pyrrole nitrogens is 1. The molecule has 5 aromatic rings. The average molecular weight is 1880 g/mol. The summed E-state index contributed by atoms with van der Waals surface area (Å²) in [5.41, 5.74) is 31.8. The van der Waals surface area contributed by atoms with Crippen molar-refractivity contribution in [1.29, 1.82) is 0 Å². The molecule has 3 aliphatic heterocycles. The van der Waals surface area contributed by atoms with Gasteiger partial charge >= 0.3 is 11.9 Å². The molecule has 133 heavy (non-hydrogen) atoms. The van der Waals surface area contributed by atoms with E-state index in [1.165, 1.54) is 56.0 Å². The van der Waals surface area contributed by atoms with Gasteiger partial charge in [0, 0.05) is 125 Å². The number of nitrogens with zero attached hydrogens (tertiary/aromatic N) is 6. The summed E-state index contributed by atoms with van der Waals surface area (Å²) < 4.78 is 1.42. The van der Waals surface area contributed by atoms with Gasteiger partial charge in [-0.1, -0.05) is 88.1 Å². The Labute approximate surface area is 770 Å². The zero-order valence-corrected chi connectivity index (χ0v) is 76.0. The number of thioether (sulfide) groups is 1. The van der Waals surface area contributed by atoms with Crippen molar-refractivity contribution in [3.63, 3.8) is 0 Å². The van der Waals surface area contributed by atoms with Crippen molar-refractivity contribution < 1.29 is 112 Å². The number of nitrogens with one attached hydrogen (secondary N) is 10. The Morgan fingerprint density at radius 1 is 0.549 bits per heavy atom. The number of phenols is 1. The third-order valence-electron chi connectivity index (χ3n) is 23.8. The van der Waals surface area contributed by atoms with Crippen LogP contribution in [0, 0.1) is 5.92 Å². The van der Waals surface area contributed by atoms with E-state index >= 15 is 28.8 Å². The number of likely N-dealkylation sites (N-methyl/N-ethyl adjacent to an activating group) is 3. The molecule has 3 fully saturated rings. The third-order valence-corrected chi connectivity index (χ3v) is 24.9. The average Bonchev–Trinajstić information content (AvgIpc) is 1.70. The summed E-state index contributed by atoms with van der Waals surface area (Å²) in [6.07, 6.45) is -1.46. The lowest BCUT2D eigenvalue weighted by Gasteiger charge is -2.36. The first-order chi connectivity index (χ1) is 63.2. The summed E-state index contributed by atoms with van der Waals surface area (Å²) in [7, 11) is 3.78. The smallest absolute Gasteiger partial charge is 0.323 e. The molecule has 15 atom stereocenters. The summed E-state index contributed by atoms with van der Waals surface area (Å²) in [6, 6.07) is -2.00. The predicted molar refractivity (Wildman–Crippen MR) is 483 cm³/mol. The second-order valence-electron chi connectivity index (χ2n) is 33.5. The highest BCUT2D eigenvalue weighted by atomic mass is 32.2. The van der Waals surface area contributed by atoms with E-state index in [0.29, 0.717) is 64.2 Å². The number of unbranched alkanes of at least 4 members (excludes halogenated alkanes) is 2. The molecule has 724 valence electrons. The molecule has 3 saturated heterocycles. The van der Waals surface area contributed by atoms with Gasteiger partial charge in [-0.25, -0.2) is 0 Å². The zero-order valence-electron chi connectivity index (χ0n) is 75.2. The van der Waals surface area contributed by atoms with Gasteiger partial charge in [0.1, 0.15) is 84.8 Å². The van der Waals surface area contributed by atoms with Gasteiger partial charge in [-0.3, -0.25) is 91.1 Å². The van der Waals surface area contributed by atoms with Crippen LogP contribution in [0.25, 0.3) is 21.8 Å². The van der Waals surface area contributed by atoms with Crippen LogP contribution >= 0.6 is 11.8 Å². The molecule has 24 N–H and O–H groups in total. The molecule has 0 bridgehead atoms. The number of aromatic nitrogens is 2. The Morgan fingerprint density at radius 3 is 1.77 bits per heavy atom. The van der Waals surface area contributed by atoms with Crippen molar-refractivity contribution in [3.8, 4) is 5.75 Å². The minimum Gasteiger partial charge on any atom is -0.508 e. The minimum absolute atomic E-state index is 0.0483. The van der Waals surface area contributed by atoms with Crippen molar-refractivity contribution in [3.05, 3.63) is 102 Å². The van der Waals surface area contributed by atoms with Crippen molar-refractivity contribution in [2.45, 2.75) is 221 Å². The molecule has 0 aliphatic carbocycles. The number of carboxylic acids is 2. The first-order valence-corrected chi connectivity index (χ1v) is 45.3. The number of primary amides is 2. The number of nitrogens with two attached hydrogens (primary N) is 5. The van der Waals surface area contributed by atoms with E-state index in [-0.39, 0.29) is 63.8 Å². The maximum Gasteiger partial charge on any atom is 0.323 e. The van der Waals surface area contributed by atoms with Crippen LogP contribution in [0.2, 0.25) is 0 Å². The second-order valence-corrected chi connectivity index (χ2v) is 34.6. The van der Waals surface area contributed by atoms with E-state index in [1.807, 2.05) is 6.92 Å². The van der Waals surface area contributed by atoms with Gasteiger partial charge in [0.2, 0.25) is 94.5 Å². The van der Waals surface area contributed by atoms with Crippen LogP contribution in [0.3, 0.4) is 0 Å². The number of para-hydroxylation sites is 2. The molecule has 0 saturated carbocycles. The number of aliphatic hydroxyl groups excluding tert-OH is 1. The number of hydrogen-bond donors (Lipinski definition) is 19. The Bertz CT molecular complexity index is 5070. The van der Waals surface area contributed by atoms with E-state index in [0.717, 1.165) is 43.3 Å². The summed E-state index contributed by atoms with van der Waals surface area (Å²) >= 11 is 0.727. The SMILES string of the molecule is CCCC[C@H]1C(=O)N(C)[C@@H](CCCC)C(=O)N[C@@H](CN)C(=O)N[C@H](C(=O)NCC(N)=O)CSCC(=O)N[C@@H](Cc2ccc(O)cc2)C(=O)N(C)[C@@H](C)C(=O)N[C@@H](CC(=O)O)C(=O)N2CCC[C@H]2C(=O)N[C@@H](CN)C(=O)N[C@@H](CCC(N)=O)C(=O)N2C[C@H](O)C[C@H]2C(=O)C[C@@H](Cc2c[nH]c3ccccc23)C(=O)N[C@@H](CCN)C(=O)N[C@@H](Cc2cn(CC(=O)O)c3ccccc23)C(=O)N1C. The van der Waals surface area contributed by atoms with Crippen LogP contribution in [0.1, 0.15) is 127 Å². The van der Waals surface area contributed by atoms with Crippen LogP contribution in [-0.2, 0) is 117 Å². The maximum atomic E-state index is 15.9. The summed E-state index contributed by atoms with van der Waals surface area (Å²) in [6.45, 7) is 1.20. The van der Waals surface area contributed by atoms with Crippen molar-refractivity contribution in [1.82, 2.24) is 81.9 Å². The van der Waals surface area contributed by atoms with Crippen LogP contribution in [0.4, 0.5) is 0 Å². The number of Topliss-reactive ketones (excluding diaryl/α,β-unsaturated/α-hetero) is 1. The lowest BCUT2D eigenvalue weighted by atomic mass is 9.90. The normalized spacial score (nSPS) is 25.0. The summed E-state index contributed by atoms with van der Waals surface area (Å²) in [5.74, 6) is -22.1. The monoisotopic (exact) mass is 1870 g/mol. The summed E-state index contributed by atoms with van der Waals surface area (Å²) in [5, 5.41) is 65.8. The Balaban J connectivity index is 1.20. The third kappa shape index (κ3) is 28.9. The first kappa shape index (κ1) is 105. The Morgan fingerprint density at radius 2 is 1.13 bits per heavy atom. The number of aliphatic hydroxyl groups is 1. The molecular weight excluding hydrogens is 1750 g/mol. The van der Waals surface area contributed by atoms with Crippen LogP contribution in [-0.4, -0.2) is 323 Å². The number of aromatic hydroxyl groups is 1. The summed E-state index contributed by atoms with van der Waals surface area (Å²) in [4.78, 5) is 281. The second kappa shape index (κ2) is 49.9. The lowest BCUT2D eigenvalue weighted by Crippen LogP contribution is -2.61. The fourth-order valence-corrected chi connectivity index (χ4v) is 17.3. The van der Waals surface area contributed by atoms with E-state index in [2.05, 4.69) is 52.8 Å². The van der Waals surface area contributed by atoms with Crippen LogP contribution in [0.15, 0.2) is 85.2 Å². The quantitative estimate of drug-likeness (QED) is 0.0248. The van der Waals surface area contributed by atoms with Gasteiger partial charge in [0.25, 0.3) is 0 Å². The number of fused-ring (bicyclic) bond motifs is 4. The Hall–Kier alpha value is -13.1. The number of carbonyl (C=O) groups is 19. The van der Waals surface area contributed by atoms with Crippen molar-refractivity contribution >= 4 is 146 Å². The molecule has 0 radical (unpaired) electrons. The largest absolute Gasteiger partial charge is 0.508 e. The molecule has 44 nitrogen and oxygen atoms in total. The zero-order chi connectivity index (χ0) is 97.8. The molecule has 16 amide bonds. The topological polar surface area (TPSA) is 681 Å². The van der Waals surface area contributed by atoms with Crippen LogP contribution in [0.5, 0.6) is 5.75 Å². The van der Waals surface area contributed by atoms with Crippen LogP contribution < -0.4 is 76.5 Å². The number of aromatic amines is 1. The highest BCUT2D eigenvalue weighted by molar-refractivity contribution is 8.00. The molecule has 2 aromatic heterocycles. The van der Waals surface area contributed by atoms with Gasteiger partial charge in [-0.15, -0.1) is 11.8 Å². The maximum absolute atomic E-state index is 15.9. The van der Waals surface area contributed by atoms with E-state index in [4.69, 9.17) is 28.7 Å². The number of phenolic OH excluding ortho intramolecular Hbond substituents is 1. The van der Waals surface area contributed by atoms with Crippen molar-refractivity contribution in [2.24, 2.45) is 34.6 Å². The number of benzene rings is 3. The van der Waals surface area contributed by atoms with E-state index in [9.17, 15) is 82.8 Å². The van der Waals surface area contributed by atoms with E-state index < -0.39 is 286 Å². The molecule has 0 spiro atoms. The number of amides is 16. The Kier molecular flexibility index (Phi) is 39.5. The highest BCUT2D eigenvalue weighted by Gasteiger charge is 2.47. The van der Waals surface area contributed by atoms with Gasteiger partial charge in [-0.2, -0.15) is 0 Å². The number of rotatable bonds is 26. The fraction of sp³-hybridized carbons (Fsp3) is 0.534. The molecule has 3 aromatic carbocycles. The number of hydrogen-bond acceptors (Lipinski definition) is 25. The minimum atomic E-state index is -1.93. The molecule has 5 heterocycles. The number of aliphatic carboxylic acids is 2. The fourth-order valence-electron chi connectivity index (χ4n) is 16.4. The van der Waals surface area contributed by atoms with Gasteiger partial charge in [-0.05, 0) is 99.4 Å². The highest BCUT2D eigenvalue weighted by Crippen LogP contribution is 2.30. The van der Waals surface area contributed by atoms with Gasteiger partial charge in [0.15, 0.2) is 5.78 Å².